The summed E-state index contributed by atoms with van der Waals surface area (Å²) >= 11 is 6.89. The summed E-state index contributed by atoms with van der Waals surface area (Å²) in [5.41, 5.74) is 0.669. The quantitative estimate of drug-likeness (QED) is 0.116. The van der Waals surface area contributed by atoms with Gasteiger partial charge in [0.25, 0.3) is 11.8 Å². The van der Waals surface area contributed by atoms with E-state index in [9.17, 15) is 18.0 Å². The van der Waals surface area contributed by atoms with E-state index in [2.05, 4.69) is 21.4 Å². The Bertz CT molecular complexity index is 2050. The average Bonchev–Trinajstić information content (AvgIpc) is 3.55. The number of rotatable bonds is 7. The largest absolute Gasteiger partial charge is 0.461 e. The normalized spacial score (nSPS) is 22.0. The minimum atomic E-state index is -2.85. The molecular formula is C36H33ClF4N6O2. The molecule has 0 N–H and O–H groups in total. The van der Waals surface area contributed by atoms with Crippen LogP contribution < -0.4 is 9.64 Å². The van der Waals surface area contributed by atoms with E-state index in [4.69, 9.17) is 22.9 Å². The monoisotopic (exact) mass is 692 g/mol. The number of benzene rings is 3. The third kappa shape index (κ3) is 5.82. The predicted octanol–water partition coefficient (Wildman–Crippen LogP) is 7.22. The van der Waals surface area contributed by atoms with E-state index in [1.165, 1.54) is 4.90 Å². The first-order valence-corrected chi connectivity index (χ1v) is 16.5. The molecule has 49 heavy (non-hydrogen) atoms. The zero-order valence-electron chi connectivity index (χ0n) is 26.8. The number of nitrogens with zero attached hydrogens (tertiary/aromatic N) is 6. The predicted molar refractivity (Wildman–Crippen MR) is 180 cm³/mol. The van der Waals surface area contributed by atoms with Gasteiger partial charge in [0.15, 0.2) is 11.6 Å². The fraction of sp³-hybridized carbons (Fsp3) is 0.389. The molecule has 0 saturated carbocycles. The molecule has 3 aliphatic rings. The number of amides is 1. The first kappa shape index (κ1) is 33.0. The van der Waals surface area contributed by atoms with Crippen LogP contribution in [-0.4, -0.2) is 89.1 Å². The van der Waals surface area contributed by atoms with Gasteiger partial charge in [0.1, 0.15) is 24.0 Å². The van der Waals surface area contributed by atoms with E-state index in [-0.39, 0.29) is 79.1 Å². The third-order valence-corrected chi connectivity index (χ3v) is 10.3. The Morgan fingerprint density at radius 2 is 1.96 bits per heavy atom. The van der Waals surface area contributed by atoms with Gasteiger partial charge >= 0.3 is 6.01 Å². The summed E-state index contributed by atoms with van der Waals surface area (Å²) < 4.78 is 66.1. The van der Waals surface area contributed by atoms with Crippen LogP contribution in [0.1, 0.15) is 24.8 Å². The minimum absolute atomic E-state index is 0.0420. The minimum Gasteiger partial charge on any atom is -0.461 e. The molecule has 3 fully saturated rings. The van der Waals surface area contributed by atoms with Gasteiger partial charge in [-0.1, -0.05) is 54.6 Å². The van der Waals surface area contributed by atoms with Crippen molar-refractivity contribution in [2.45, 2.75) is 43.7 Å². The van der Waals surface area contributed by atoms with Crippen molar-refractivity contribution in [2.75, 3.05) is 50.8 Å². The van der Waals surface area contributed by atoms with Crippen molar-refractivity contribution in [3.8, 4) is 17.1 Å². The Labute approximate surface area is 285 Å². The summed E-state index contributed by atoms with van der Waals surface area (Å²) in [4.78, 5) is 30.0. The summed E-state index contributed by atoms with van der Waals surface area (Å²) in [6.07, 6.45) is 0.913. The topological polar surface area (TPSA) is 66.2 Å². The molecule has 8 nitrogen and oxygen atoms in total. The summed E-state index contributed by atoms with van der Waals surface area (Å²) in [7, 11) is 0. The summed E-state index contributed by atoms with van der Waals surface area (Å²) in [6, 6.07) is 12.0. The van der Waals surface area contributed by atoms with E-state index in [1.807, 2.05) is 37.3 Å². The Morgan fingerprint density at radius 1 is 1.18 bits per heavy atom. The highest BCUT2D eigenvalue weighted by molar-refractivity contribution is 6.35. The Morgan fingerprint density at radius 3 is 2.71 bits per heavy atom. The molecule has 0 unspecified atom stereocenters. The summed E-state index contributed by atoms with van der Waals surface area (Å²) in [6.45, 7) is 12.7. The first-order chi connectivity index (χ1) is 23.4. The zero-order chi connectivity index (χ0) is 34.7. The summed E-state index contributed by atoms with van der Waals surface area (Å²) in [5, 5.41) is 2.12. The molecule has 254 valence electrons. The van der Waals surface area contributed by atoms with E-state index in [1.54, 1.807) is 21.9 Å². The smallest absolute Gasteiger partial charge is 0.319 e. The highest BCUT2D eigenvalue weighted by Gasteiger charge is 2.57. The van der Waals surface area contributed by atoms with Crippen LogP contribution in [0.5, 0.6) is 6.01 Å². The van der Waals surface area contributed by atoms with E-state index >= 15 is 4.39 Å². The van der Waals surface area contributed by atoms with Gasteiger partial charge in [0, 0.05) is 37.0 Å². The lowest BCUT2D eigenvalue weighted by atomic mass is 9.94. The molecule has 0 bridgehead atoms. The molecule has 1 aromatic heterocycles. The molecule has 13 heteroatoms. The number of anilines is 1. The van der Waals surface area contributed by atoms with Gasteiger partial charge < -0.3 is 19.4 Å². The number of carbonyl (C=O) groups excluding carboxylic acids is 1. The Kier molecular flexibility index (Phi) is 8.40. The number of carbonyl (C=O) groups is 1. The van der Waals surface area contributed by atoms with Crippen LogP contribution >= 0.6 is 11.6 Å². The number of hydrogen-bond acceptors (Lipinski definition) is 6. The van der Waals surface area contributed by atoms with Gasteiger partial charge in [-0.05, 0) is 54.3 Å². The van der Waals surface area contributed by atoms with Crippen molar-refractivity contribution >= 4 is 45.0 Å². The second kappa shape index (κ2) is 12.4. The number of aryl methyl sites for hydroxylation is 1. The summed E-state index contributed by atoms with van der Waals surface area (Å²) in [5.74, 6) is -5.36. The molecule has 0 radical (unpaired) electrons. The highest BCUT2D eigenvalue weighted by Crippen LogP contribution is 2.47. The molecule has 4 heterocycles. The number of hydrogen-bond donors (Lipinski definition) is 0. The number of ether oxygens (including phenoxy) is 1. The van der Waals surface area contributed by atoms with Gasteiger partial charge in [-0.2, -0.15) is 9.97 Å². The molecule has 2 atom stereocenters. The van der Waals surface area contributed by atoms with E-state index in [0.717, 1.165) is 22.8 Å². The van der Waals surface area contributed by atoms with Crippen molar-refractivity contribution < 1.29 is 27.1 Å². The zero-order valence-corrected chi connectivity index (χ0v) is 27.5. The molecule has 4 aromatic rings. The lowest BCUT2D eigenvalue weighted by molar-refractivity contribution is -0.131. The molecule has 1 amide bonds. The second-order valence-corrected chi connectivity index (χ2v) is 13.6. The van der Waals surface area contributed by atoms with Crippen LogP contribution in [0.4, 0.5) is 23.4 Å². The maximum absolute atomic E-state index is 17.0. The number of fused-ring (bicyclic) bond motifs is 3. The van der Waals surface area contributed by atoms with Crippen molar-refractivity contribution in [3.05, 3.63) is 82.7 Å². The van der Waals surface area contributed by atoms with Crippen LogP contribution in [0.25, 0.3) is 37.6 Å². The van der Waals surface area contributed by atoms with Crippen molar-refractivity contribution in [2.24, 2.45) is 0 Å². The highest BCUT2D eigenvalue weighted by atomic mass is 35.5. The number of halogens is 5. The van der Waals surface area contributed by atoms with Gasteiger partial charge in [0.05, 0.1) is 17.1 Å². The van der Waals surface area contributed by atoms with Gasteiger partial charge in [-0.15, -0.1) is 0 Å². The lowest BCUT2D eigenvalue weighted by Crippen LogP contribution is -2.56. The van der Waals surface area contributed by atoms with Crippen LogP contribution in [0, 0.1) is 19.3 Å². The fourth-order valence-electron chi connectivity index (χ4n) is 7.85. The standard InChI is InChI=1S/C36H33ClF4N6O2/c1-21-7-4-8-23-9-5-10-25(28(21)23)29-27(37)15-26-31(30(29)39)43-34(49-20-35-11-6-12-46(35)19-36(40,41)18-35)44-32(26)45-13-14-47(33(48)22(2)38)24(17-45)16-42-3/h4-5,7-10,15,24H,2,6,11-14,16-20H2,1H3/t24-,35-/m0/s1. The number of alkyl halides is 2. The van der Waals surface area contributed by atoms with Crippen molar-refractivity contribution in [1.29, 1.82) is 0 Å². The maximum Gasteiger partial charge on any atom is 0.319 e. The van der Waals surface area contributed by atoms with Crippen molar-refractivity contribution in [3.63, 3.8) is 0 Å². The van der Waals surface area contributed by atoms with E-state index < -0.39 is 35.1 Å². The van der Waals surface area contributed by atoms with Crippen molar-refractivity contribution in [1.82, 2.24) is 19.8 Å². The lowest BCUT2D eigenvalue weighted by Gasteiger charge is -2.39. The average molecular weight is 693 g/mol. The fourth-order valence-corrected chi connectivity index (χ4v) is 8.15. The van der Waals surface area contributed by atoms with Crippen LogP contribution in [-0.2, 0) is 4.79 Å². The molecule has 0 spiro atoms. The van der Waals surface area contributed by atoms with Gasteiger partial charge in [-0.3, -0.25) is 9.69 Å². The first-order valence-electron chi connectivity index (χ1n) is 16.1. The molecule has 7 rings (SSSR count). The molecule has 0 aliphatic carbocycles. The van der Waals surface area contributed by atoms with Crippen LogP contribution in [0.15, 0.2) is 54.9 Å². The Balaban J connectivity index is 1.35. The molecule has 3 saturated heterocycles. The molecule has 3 aromatic carbocycles. The van der Waals surface area contributed by atoms with Gasteiger partial charge in [0.2, 0.25) is 6.54 Å². The number of piperazine rings is 1. The maximum atomic E-state index is 17.0. The molecular weight excluding hydrogens is 660 g/mol. The third-order valence-electron chi connectivity index (χ3n) is 10.0. The number of aromatic nitrogens is 2. The SMILES string of the molecule is [C-]#[N+]C[C@H]1CN(c2nc(OC[C@@]34CCCN3CC(F)(F)C4)nc3c(F)c(-c4cccc5cccc(C)c45)c(Cl)cc23)CCN1C(=O)C(=C)F. The Hall–Kier alpha value is -4.47. The van der Waals surface area contributed by atoms with E-state index in [0.29, 0.717) is 18.5 Å². The second-order valence-electron chi connectivity index (χ2n) is 13.2. The molecule has 3 aliphatic heterocycles. The van der Waals surface area contributed by atoms with Crippen LogP contribution in [0.3, 0.4) is 0 Å². The van der Waals surface area contributed by atoms with Crippen LogP contribution in [0.2, 0.25) is 5.02 Å². The van der Waals surface area contributed by atoms with Gasteiger partial charge in [-0.25, -0.2) is 24.1 Å².